The Balaban J connectivity index is 0.0000123. The number of aliphatic hydroxyl groups excluding tert-OH is 16. The van der Waals surface area contributed by atoms with Crippen LogP contribution in [-0.4, -0.2) is 412 Å². The van der Waals surface area contributed by atoms with Crippen LogP contribution in [0.25, 0.3) is 0 Å². The van der Waals surface area contributed by atoms with Gasteiger partial charge in [-0.05, 0) is 0 Å². The van der Waals surface area contributed by atoms with Gasteiger partial charge in [-0.15, -0.1) is 0 Å². The first kappa shape index (κ1) is 78.6. The molecule has 0 aromatic carbocycles. The van der Waals surface area contributed by atoms with Gasteiger partial charge in [-0.1, -0.05) is 0 Å². The van der Waals surface area contributed by atoms with Gasteiger partial charge >= 0.3 is 57.8 Å². The molecule has 39 heteroatoms. The topological polar surface area (TPSA) is 588 Å². The van der Waals surface area contributed by atoms with E-state index in [1.807, 2.05) is 0 Å². The first-order valence-corrected chi connectivity index (χ1v) is 26.3. The number of amides is 2. The van der Waals surface area contributed by atoms with Crippen LogP contribution >= 0.6 is 0 Å². The molecule has 4 rings (SSSR count). The number of rotatable bonds is 36. The Labute approximate surface area is 516 Å². The second-order valence-corrected chi connectivity index (χ2v) is 19.9. The second-order valence-electron chi connectivity index (χ2n) is 19.9. The Morgan fingerprint density at radius 1 is 0.318 bits per heavy atom. The third-order valence-electron chi connectivity index (χ3n) is 13.9. The van der Waals surface area contributed by atoms with E-state index in [1.54, 1.807) is 0 Å². The minimum absolute atomic E-state index is 0. The Kier molecular flexibility index (Phi) is 36.0. The molecule has 4 aliphatic heterocycles. The van der Waals surface area contributed by atoms with E-state index in [0.29, 0.717) is 0 Å². The molecule has 495 valence electrons. The number of hydrogen-bond donors (Lipinski definition) is 19. The van der Waals surface area contributed by atoms with E-state index in [0.717, 1.165) is 19.6 Å². The summed E-state index contributed by atoms with van der Waals surface area (Å²) in [6.07, 6.45) is -33.5. The number of carbonyl (C=O) groups excluding carboxylic acids is 2. The van der Waals surface area contributed by atoms with Gasteiger partial charge in [0.25, 0.3) is 0 Å². The third kappa shape index (κ3) is 23.7. The van der Waals surface area contributed by atoms with Crippen LogP contribution in [0, 0.1) is 39.9 Å². The molecule has 85 heavy (non-hydrogen) atoms. The summed E-state index contributed by atoms with van der Waals surface area (Å²) in [5, 5.41) is 191. The Morgan fingerprint density at radius 2 is 0.529 bits per heavy atom. The van der Waals surface area contributed by atoms with E-state index in [4.69, 9.17) is 37.9 Å². The zero-order chi connectivity index (χ0) is 61.8. The van der Waals surface area contributed by atoms with Crippen LogP contribution < -0.4 is 0 Å². The molecule has 4 saturated heterocycles. The van der Waals surface area contributed by atoms with E-state index >= 15 is 0 Å². The number of ether oxygens (including phenoxy) is 8. The van der Waals surface area contributed by atoms with Crippen LogP contribution in [0.15, 0.2) is 0 Å². The number of carboxylic acids is 3. The molecular weight excluding hydrogens is 1310 g/mol. The van der Waals surface area contributed by atoms with Gasteiger partial charge in [0.15, 0.2) is 25.2 Å². The van der Waals surface area contributed by atoms with E-state index in [1.165, 1.54) is 4.90 Å². The molecule has 1 radical (unpaired) electrons. The van der Waals surface area contributed by atoms with E-state index in [2.05, 4.69) is 0 Å². The summed E-state index contributed by atoms with van der Waals surface area (Å²) in [4.78, 5) is 70.0. The maximum absolute atomic E-state index is 14.0. The van der Waals surface area contributed by atoms with Crippen molar-refractivity contribution in [1.29, 1.82) is 0 Å². The van der Waals surface area contributed by atoms with E-state index in [9.17, 15) is 121 Å². The molecule has 0 saturated carbocycles. The maximum Gasteiger partial charge on any atom is 3.00 e. The fourth-order valence-electron chi connectivity index (χ4n) is 9.08. The summed E-state index contributed by atoms with van der Waals surface area (Å²) in [6.45, 7) is -11.8. The predicted molar refractivity (Wildman–Crippen MR) is 265 cm³/mol. The number of hydrogen-bond acceptors (Lipinski definition) is 32. The average Bonchev–Trinajstić information content (AvgIpc) is 3.66. The van der Waals surface area contributed by atoms with E-state index in [-0.39, 0.29) is 71.6 Å². The van der Waals surface area contributed by atoms with Gasteiger partial charge in [0, 0.05) is 52.4 Å². The Morgan fingerprint density at radius 3 is 0.741 bits per heavy atom. The van der Waals surface area contributed by atoms with Gasteiger partial charge < -0.3 is 150 Å². The van der Waals surface area contributed by atoms with Crippen LogP contribution in [0.2, 0.25) is 0 Å². The van der Waals surface area contributed by atoms with Crippen LogP contribution in [0.5, 0.6) is 0 Å². The monoisotopic (exact) mass is 1390 g/mol. The van der Waals surface area contributed by atoms with Crippen molar-refractivity contribution < 1.29 is 204 Å². The number of carbonyl (C=O) groups is 5. The first-order valence-electron chi connectivity index (χ1n) is 26.3. The van der Waals surface area contributed by atoms with Crippen molar-refractivity contribution in [3.63, 3.8) is 0 Å². The van der Waals surface area contributed by atoms with Crippen LogP contribution in [0.1, 0.15) is 0 Å². The summed E-state index contributed by atoms with van der Waals surface area (Å²) < 4.78 is 43.5. The molecule has 4 heterocycles. The zero-order valence-corrected chi connectivity index (χ0v) is 48.0. The molecule has 2 amide bonds. The smallest absolute Gasteiger partial charge is 2.00 e. The molecule has 19 N–H and O–H groups in total. The Bertz CT molecular complexity index is 1770. The largest absolute Gasteiger partial charge is 3.00 e. The summed E-state index contributed by atoms with van der Waals surface area (Å²) in [5.41, 5.74) is 0. The van der Waals surface area contributed by atoms with Crippen molar-refractivity contribution in [1.82, 2.24) is 24.5 Å². The van der Waals surface area contributed by atoms with Crippen molar-refractivity contribution in [2.75, 3.05) is 138 Å². The quantitative estimate of drug-likeness (QED) is 0.0277. The molecule has 0 spiro atoms. The first-order chi connectivity index (χ1) is 39.3. The predicted octanol–water partition coefficient (Wildman–Crippen LogP) is -14.0. The molecule has 0 aromatic rings. The number of nitrogens with zero attached hydrogens (tertiary/aromatic N) is 5. The zero-order valence-electron chi connectivity index (χ0n) is 45.7. The van der Waals surface area contributed by atoms with Crippen LogP contribution in [0.4, 0.5) is 0 Å². The summed E-state index contributed by atoms with van der Waals surface area (Å²) in [7, 11) is 0. The van der Waals surface area contributed by atoms with Gasteiger partial charge in [0.2, 0.25) is 11.8 Å². The Hall–Kier alpha value is -2.45. The normalized spacial score (nSPS) is 33.3. The average molecular weight is 1390 g/mol. The SMILES string of the molecule is O=C(O)CN(CCN(CC(=O)O)CC(=O)N(CCOC1O[C@H](CO)[C@@H](O)[C@H](O)[C@@H]1O)CCOC1O[C@H](CO)[C@@H](O)[C@H](O)[C@@H]1O)CCN(CC(=O)O)CC(=O)N(CCOC1O[C@@H](CO)[C@H](O)[C@@H](O)[C@H]1O)CCOC1O[C@@H](CO)[C@H](O)[C@@H](O)[C@H]1O.[Gd+3].[O-2]. The standard InChI is InChI=1S/C46H81N5O32.Gd.O/c52-18-22-31(64)35(68)39(72)43(80-22)76-9-5-50(6-10-77-44-40(73)36(69)32(65)23(19-53)81-44)26(56)13-48(16-29(60)61)3-1-47(15-28(58)59)2-4-49(17-30(62)63)14-27(57)51(7-11-78-45-41(74)37(70)33(66)24(20-54)82-45)8-12-79-46-42(75)38(71)34(67)25(21-55)83-46;;/h22-25,31-46,52-55,64-75H,1-21H2,(H,58,59)(H,60,61)(H,62,63);;/q;+3;-2/t22-,23-,24+,25+,31-,32-,33+,34+,35+,36+,37-,38-,39+,40+,41-,42-,43?,44?,45?,46?;;. The minimum atomic E-state index is -1.83. The molecular formula is C46H81GdN5O33+. The van der Waals surface area contributed by atoms with Crippen molar-refractivity contribution in [2.45, 2.75) is 123 Å². The molecule has 4 aliphatic rings. The molecule has 4 fully saturated rings. The third-order valence-corrected chi connectivity index (χ3v) is 13.9. The van der Waals surface area contributed by atoms with Crippen LogP contribution in [0.3, 0.4) is 0 Å². The molecule has 38 nitrogen and oxygen atoms in total. The molecule has 4 unspecified atom stereocenters. The second kappa shape index (κ2) is 39.0. The van der Waals surface area contributed by atoms with Gasteiger partial charge in [0.05, 0.1) is 85.6 Å². The van der Waals surface area contributed by atoms with E-state index < -0.39 is 264 Å². The van der Waals surface area contributed by atoms with Crippen molar-refractivity contribution >= 4 is 29.7 Å². The minimum Gasteiger partial charge on any atom is -2.00 e. The number of carboxylic acid groups (broad SMARTS) is 3. The molecule has 0 aromatic heterocycles. The van der Waals surface area contributed by atoms with Crippen molar-refractivity contribution in [3.8, 4) is 0 Å². The number of aliphatic carboxylic acids is 3. The van der Waals surface area contributed by atoms with Crippen molar-refractivity contribution in [2.24, 2.45) is 0 Å². The number of aliphatic hydroxyl groups is 16. The summed E-state index contributed by atoms with van der Waals surface area (Å²) in [5.74, 6) is -5.96. The molecule has 0 aliphatic carbocycles. The maximum atomic E-state index is 14.0. The van der Waals surface area contributed by atoms with Gasteiger partial charge in [-0.25, -0.2) is 0 Å². The molecule has 0 bridgehead atoms. The van der Waals surface area contributed by atoms with Crippen LogP contribution in [-0.2, 0) is 67.3 Å². The van der Waals surface area contributed by atoms with Gasteiger partial charge in [0.1, 0.15) is 97.7 Å². The van der Waals surface area contributed by atoms with Gasteiger partial charge in [-0.3, -0.25) is 38.7 Å². The fourth-order valence-corrected chi connectivity index (χ4v) is 9.08. The van der Waals surface area contributed by atoms with Gasteiger partial charge in [-0.2, -0.15) is 0 Å². The summed E-state index contributed by atoms with van der Waals surface area (Å²) >= 11 is 0. The summed E-state index contributed by atoms with van der Waals surface area (Å²) in [6, 6.07) is 0. The fraction of sp³-hybridized carbons (Fsp3) is 0.891. The molecule has 20 atom stereocenters. The van der Waals surface area contributed by atoms with Crippen molar-refractivity contribution in [3.05, 3.63) is 0 Å².